The molecule has 0 unspecified atom stereocenters. The number of likely N-dealkylation sites (tertiary alicyclic amines) is 1. The van der Waals surface area contributed by atoms with Crippen LogP contribution in [-0.4, -0.2) is 23.4 Å². The summed E-state index contributed by atoms with van der Waals surface area (Å²) in [4.78, 5) is 14.0. The van der Waals surface area contributed by atoms with Gasteiger partial charge in [-0.15, -0.1) is 0 Å². The van der Waals surface area contributed by atoms with E-state index in [-0.39, 0.29) is 0 Å². The topological polar surface area (TPSA) is 20.3 Å². The first-order valence-electron chi connectivity index (χ1n) is 6.61. The van der Waals surface area contributed by atoms with Crippen molar-refractivity contribution in [1.82, 2.24) is 4.90 Å². The molecular weight excluding hydrogens is 210 g/mol. The van der Waals surface area contributed by atoms with E-state index in [1.165, 1.54) is 18.4 Å². The SMILES string of the molecule is C[C@H]1CCCN1C(=O)CCCc1ccccc1. The number of carbonyl (C=O) groups is 1. The molecule has 0 spiro atoms. The lowest BCUT2D eigenvalue weighted by Crippen LogP contribution is -2.33. The van der Waals surface area contributed by atoms with Crippen molar-refractivity contribution in [2.24, 2.45) is 0 Å². The molecule has 0 aliphatic carbocycles. The number of aryl methyl sites for hydroxylation is 1. The van der Waals surface area contributed by atoms with Crippen LogP contribution >= 0.6 is 0 Å². The molecular formula is C15H21NO. The minimum Gasteiger partial charge on any atom is -0.340 e. The molecule has 0 N–H and O–H groups in total. The van der Waals surface area contributed by atoms with Crippen molar-refractivity contribution in [2.75, 3.05) is 6.54 Å². The van der Waals surface area contributed by atoms with Crippen LogP contribution < -0.4 is 0 Å². The van der Waals surface area contributed by atoms with Crippen molar-refractivity contribution in [2.45, 2.75) is 45.1 Å². The summed E-state index contributed by atoms with van der Waals surface area (Å²) >= 11 is 0. The monoisotopic (exact) mass is 231 g/mol. The Hall–Kier alpha value is -1.31. The zero-order valence-electron chi connectivity index (χ0n) is 10.6. The van der Waals surface area contributed by atoms with Gasteiger partial charge < -0.3 is 4.90 Å². The van der Waals surface area contributed by atoms with Crippen LogP contribution in [0, 0.1) is 0 Å². The van der Waals surface area contributed by atoms with Gasteiger partial charge >= 0.3 is 0 Å². The molecule has 2 rings (SSSR count). The molecule has 0 saturated carbocycles. The summed E-state index contributed by atoms with van der Waals surface area (Å²) in [6.07, 6.45) is 5.01. The minimum atomic E-state index is 0.339. The molecule has 1 aliphatic rings. The zero-order chi connectivity index (χ0) is 12.1. The molecule has 1 fully saturated rings. The molecule has 17 heavy (non-hydrogen) atoms. The maximum Gasteiger partial charge on any atom is 0.222 e. The van der Waals surface area contributed by atoms with Crippen LogP contribution in [0.25, 0.3) is 0 Å². The minimum absolute atomic E-state index is 0.339. The van der Waals surface area contributed by atoms with Gasteiger partial charge in [0.2, 0.25) is 5.91 Å². The summed E-state index contributed by atoms with van der Waals surface area (Å²) in [5, 5.41) is 0. The molecule has 1 heterocycles. The molecule has 1 amide bonds. The summed E-state index contributed by atoms with van der Waals surface area (Å²) in [7, 11) is 0. The van der Waals surface area contributed by atoms with E-state index < -0.39 is 0 Å². The quantitative estimate of drug-likeness (QED) is 0.780. The lowest BCUT2D eigenvalue weighted by molar-refractivity contribution is -0.131. The van der Waals surface area contributed by atoms with Crippen molar-refractivity contribution < 1.29 is 4.79 Å². The van der Waals surface area contributed by atoms with Crippen LogP contribution in [0.4, 0.5) is 0 Å². The van der Waals surface area contributed by atoms with E-state index in [1.54, 1.807) is 0 Å². The molecule has 1 saturated heterocycles. The van der Waals surface area contributed by atoms with E-state index in [9.17, 15) is 4.79 Å². The van der Waals surface area contributed by atoms with Crippen molar-refractivity contribution in [3.8, 4) is 0 Å². The van der Waals surface area contributed by atoms with E-state index >= 15 is 0 Å². The highest BCUT2D eigenvalue weighted by Crippen LogP contribution is 2.18. The molecule has 2 heteroatoms. The highest BCUT2D eigenvalue weighted by atomic mass is 16.2. The first-order chi connectivity index (χ1) is 8.27. The summed E-state index contributed by atoms with van der Waals surface area (Å²) in [6.45, 7) is 3.12. The standard InChI is InChI=1S/C15H21NO/c1-13-7-6-12-16(13)15(17)11-5-10-14-8-3-2-4-9-14/h2-4,8-9,13H,5-7,10-12H2,1H3/t13-/m0/s1. The van der Waals surface area contributed by atoms with Crippen molar-refractivity contribution in [1.29, 1.82) is 0 Å². The molecule has 1 aromatic rings. The second-order valence-corrected chi connectivity index (χ2v) is 4.92. The number of benzene rings is 1. The van der Waals surface area contributed by atoms with E-state index in [0.29, 0.717) is 18.4 Å². The van der Waals surface area contributed by atoms with Gasteiger partial charge in [0.15, 0.2) is 0 Å². The van der Waals surface area contributed by atoms with Gasteiger partial charge in [-0.25, -0.2) is 0 Å². The third-order valence-electron chi connectivity index (χ3n) is 3.57. The third-order valence-corrected chi connectivity index (χ3v) is 3.57. The highest BCUT2D eigenvalue weighted by molar-refractivity contribution is 5.76. The number of hydrogen-bond acceptors (Lipinski definition) is 1. The Labute approximate surface area is 104 Å². The Morgan fingerprint density at radius 1 is 1.35 bits per heavy atom. The van der Waals surface area contributed by atoms with E-state index in [2.05, 4.69) is 31.2 Å². The zero-order valence-corrected chi connectivity index (χ0v) is 10.6. The van der Waals surface area contributed by atoms with Gasteiger partial charge in [0.1, 0.15) is 0 Å². The van der Waals surface area contributed by atoms with Crippen LogP contribution in [0.3, 0.4) is 0 Å². The Kier molecular flexibility index (Phi) is 4.18. The number of rotatable bonds is 4. The van der Waals surface area contributed by atoms with Gasteiger partial charge in [-0.3, -0.25) is 4.79 Å². The Morgan fingerprint density at radius 2 is 2.12 bits per heavy atom. The van der Waals surface area contributed by atoms with Crippen molar-refractivity contribution >= 4 is 5.91 Å². The van der Waals surface area contributed by atoms with Crippen LogP contribution in [0.15, 0.2) is 30.3 Å². The van der Waals surface area contributed by atoms with Crippen molar-refractivity contribution in [3.05, 3.63) is 35.9 Å². The maximum absolute atomic E-state index is 12.0. The molecule has 1 atom stereocenters. The summed E-state index contributed by atoms with van der Waals surface area (Å²) < 4.78 is 0. The lowest BCUT2D eigenvalue weighted by Gasteiger charge is -2.21. The predicted molar refractivity (Wildman–Crippen MR) is 69.8 cm³/mol. The van der Waals surface area contributed by atoms with Gasteiger partial charge in [0.25, 0.3) is 0 Å². The maximum atomic E-state index is 12.0. The molecule has 0 radical (unpaired) electrons. The Bertz CT molecular complexity index is 360. The summed E-state index contributed by atoms with van der Waals surface area (Å²) in [5.41, 5.74) is 1.33. The molecule has 0 bridgehead atoms. The second-order valence-electron chi connectivity index (χ2n) is 4.92. The fourth-order valence-electron chi connectivity index (χ4n) is 2.54. The second kappa shape index (κ2) is 5.85. The van der Waals surface area contributed by atoms with E-state index in [1.807, 2.05) is 11.0 Å². The number of carbonyl (C=O) groups excluding carboxylic acids is 1. The summed E-state index contributed by atoms with van der Waals surface area (Å²) in [5.74, 6) is 0.339. The van der Waals surface area contributed by atoms with Gasteiger partial charge in [-0.05, 0) is 38.2 Å². The van der Waals surface area contributed by atoms with Crippen LogP contribution in [0.2, 0.25) is 0 Å². The summed E-state index contributed by atoms with van der Waals surface area (Å²) in [6, 6.07) is 10.9. The molecule has 2 nitrogen and oxygen atoms in total. The van der Waals surface area contributed by atoms with Gasteiger partial charge in [-0.1, -0.05) is 30.3 Å². The normalized spacial score (nSPS) is 19.6. The largest absolute Gasteiger partial charge is 0.340 e. The molecule has 92 valence electrons. The van der Waals surface area contributed by atoms with Gasteiger partial charge in [-0.2, -0.15) is 0 Å². The first kappa shape index (κ1) is 12.2. The smallest absolute Gasteiger partial charge is 0.222 e. The Balaban J connectivity index is 1.73. The fourth-order valence-corrected chi connectivity index (χ4v) is 2.54. The molecule has 1 aromatic carbocycles. The average Bonchev–Trinajstić information content (AvgIpc) is 2.77. The Morgan fingerprint density at radius 3 is 2.76 bits per heavy atom. The van der Waals surface area contributed by atoms with Crippen LogP contribution in [0.5, 0.6) is 0 Å². The number of amides is 1. The van der Waals surface area contributed by atoms with Crippen LogP contribution in [-0.2, 0) is 11.2 Å². The van der Waals surface area contributed by atoms with Gasteiger partial charge in [0.05, 0.1) is 0 Å². The molecule has 0 aromatic heterocycles. The highest BCUT2D eigenvalue weighted by Gasteiger charge is 2.24. The predicted octanol–water partition coefficient (Wildman–Crippen LogP) is 3.02. The number of nitrogens with zero attached hydrogens (tertiary/aromatic N) is 1. The fraction of sp³-hybridized carbons (Fsp3) is 0.533. The molecule has 1 aliphatic heterocycles. The van der Waals surface area contributed by atoms with Gasteiger partial charge in [0, 0.05) is 19.0 Å². The van der Waals surface area contributed by atoms with E-state index in [0.717, 1.165) is 19.4 Å². The van der Waals surface area contributed by atoms with E-state index in [4.69, 9.17) is 0 Å². The third kappa shape index (κ3) is 3.32. The first-order valence-corrected chi connectivity index (χ1v) is 6.61. The lowest BCUT2D eigenvalue weighted by atomic mass is 10.1. The van der Waals surface area contributed by atoms with Crippen molar-refractivity contribution in [3.63, 3.8) is 0 Å². The average molecular weight is 231 g/mol. The van der Waals surface area contributed by atoms with Crippen LogP contribution in [0.1, 0.15) is 38.2 Å². The number of hydrogen-bond donors (Lipinski definition) is 0.